The summed E-state index contributed by atoms with van der Waals surface area (Å²) < 4.78 is 20.7. The molecule has 0 aliphatic carbocycles. The van der Waals surface area contributed by atoms with Crippen LogP contribution in [0.3, 0.4) is 0 Å². The van der Waals surface area contributed by atoms with Crippen LogP contribution in [0.1, 0.15) is 43.1 Å². The first kappa shape index (κ1) is 23.3. The third-order valence-electron chi connectivity index (χ3n) is 5.26. The number of carbonyl (C=O) groups excluding carboxylic acids is 1. The first-order valence-corrected chi connectivity index (χ1v) is 11.0. The van der Waals surface area contributed by atoms with Crippen molar-refractivity contribution in [3.05, 3.63) is 52.3 Å². The highest BCUT2D eigenvalue weighted by Crippen LogP contribution is 2.55. The van der Waals surface area contributed by atoms with E-state index in [1.165, 1.54) is 11.8 Å². The number of carbonyl (C=O) groups is 1. The Balaban J connectivity index is 0.000000254. The van der Waals surface area contributed by atoms with E-state index in [0.717, 1.165) is 11.3 Å². The Morgan fingerprint density at radius 3 is 2.74 bits per heavy atom. The first-order chi connectivity index (χ1) is 14.6. The van der Waals surface area contributed by atoms with Crippen molar-refractivity contribution in [2.45, 2.75) is 49.9 Å². The van der Waals surface area contributed by atoms with E-state index in [9.17, 15) is 4.79 Å². The fraction of sp³-hybridized carbons (Fsp3) is 0.409. The number of nitrogens with two attached hydrogens (primary N) is 1. The van der Waals surface area contributed by atoms with Crippen LogP contribution in [0.5, 0.6) is 5.75 Å². The van der Waals surface area contributed by atoms with E-state index in [0.29, 0.717) is 34.3 Å². The number of amidine groups is 1. The third-order valence-corrected chi connectivity index (χ3v) is 6.95. The number of amides is 1. The Morgan fingerprint density at radius 2 is 2.10 bits per heavy atom. The van der Waals surface area contributed by atoms with E-state index in [1.54, 1.807) is 24.4 Å². The van der Waals surface area contributed by atoms with Gasteiger partial charge in [-0.1, -0.05) is 11.6 Å². The van der Waals surface area contributed by atoms with E-state index in [4.69, 9.17) is 22.1 Å². The third kappa shape index (κ3) is 5.13. The number of hydrogen-bond donors (Lipinski definition) is 2. The molecule has 0 saturated carbocycles. The van der Waals surface area contributed by atoms with Crippen LogP contribution in [0.15, 0.2) is 35.5 Å². The number of anilines is 1. The number of benzene rings is 1. The molecule has 0 saturated heterocycles. The lowest BCUT2D eigenvalue weighted by molar-refractivity contribution is -0.105. The van der Waals surface area contributed by atoms with Gasteiger partial charge in [-0.2, -0.15) is 0 Å². The van der Waals surface area contributed by atoms with Gasteiger partial charge < -0.3 is 15.8 Å². The van der Waals surface area contributed by atoms with Gasteiger partial charge in [0.25, 0.3) is 0 Å². The van der Waals surface area contributed by atoms with Crippen LogP contribution in [0.2, 0.25) is 5.02 Å². The van der Waals surface area contributed by atoms with Gasteiger partial charge in [-0.05, 0) is 57.5 Å². The lowest BCUT2D eigenvalue weighted by Crippen LogP contribution is -2.46. The highest BCUT2D eigenvalue weighted by molar-refractivity contribution is 8.02. The maximum atomic E-state index is 15.6. The van der Waals surface area contributed by atoms with Crippen molar-refractivity contribution in [3.63, 3.8) is 0 Å². The number of nitrogens with one attached hydrogen (secondary N) is 1. The molecule has 2 atom stereocenters. The molecule has 3 heterocycles. The minimum absolute atomic E-state index is 0.230. The summed E-state index contributed by atoms with van der Waals surface area (Å²) in [6.45, 7) is 7.97. The summed E-state index contributed by atoms with van der Waals surface area (Å²) in [6.07, 6.45) is 2.47. The molecule has 0 fully saturated rings. The molecular weight excluding hydrogens is 439 g/mol. The molecular formula is C22H26ClFN4O2S. The van der Waals surface area contributed by atoms with Crippen LogP contribution in [0, 0.1) is 13.8 Å². The summed E-state index contributed by atoms with van der Waals surface area (Å²) in [5, 5.41) is 1.69. The van der Waals surface area contributed by atoms with Crippen molar-refractivity contribution in [3.8, 4) is 5.75 Å². The second-order valence-corrected chi connectivity index (χ2v) is 10.3. The molecule has 166 valence electrons. The molecule has 2 aromatic rings. The number of aryl methyl sites for hydroxylation is 2. The minimum Gasteiger partial charge on any atom is -0.493 e. The zero-order chi connectivity index (χ0) is 22.8. The predicted octanol–water partition coefficient (Wildman–Crippen LogP) is 4.98. The van der Waals surface area contributed by atoms with Crippen molar-refractivity contribution in [2.75, 3.05) is 11.9 Å². The average Bonchev–Trinajstić information content (AvgIpc) is 2.82. The number of rotatable bonds is 2. The Bertz CT molecular complexity index is 1020. The monoisotopic (exact) mass is 464 g/mol. The predicted molar refractivity (Wildman–Crippen MR) is 125 cm³/mol. The molecule has 31 heavy (non-hydrogen) atoms. The van der Waals surface area contributed by atoms with Gasteiger partial charge in [0.2, 0.25) is 6.41 Å². The Kier molecular flexibility index (Phi) is 6.81. The number of nitrogens with zero attached hydrogens (tertiary/aromatic N) is 2. The lowest BCUT2D eigenvalue weighted by atomic mass is 9.98. The molecule has 1 unspecified atom stereocenters. The second kappa shape index (κ2) is 9.04. The van der Waals surface area contributed by atoms with Crippen molar-refractivity contribution in [1.82, 2.24) is 4.98 Å². The molecule has 2 aliphatic rings. The molecule has 1 aromatic carbocycles. The molecule has 1 aromatic heterocycles. The molecule has 0 bridgehead atoms. The fourth-order valence-electron chi connectivity index (χ4n) is 3.37. The molecule has 0 spiro atoms. The number of aromatic nitrogens is 1. The van der Waals surface area contributed by atoms with Gasteiger partial charge in [0.15, 0.2) is 5.00 Å². The number of fused-ring (bicyclic) bond motifs is 3. The topological polar surface area (TPSA) is 89.6 Å². The number of halogens is 2. The summed E-state index contributed by atoms with van der Waals surface area (Å²) >= 11 is 6.84. The zero-order valence-electron chi connectivity index (χ0n) is 17.9. The van der Waals surface area contributed by atoms with E-state index in [2.05, 4.69) is 15.3 Å². The molecule has 4 rings (SSSR count). The molecule has 0 radical (unpaired) electrons. The summed E-state index contributed by atoms with van der Waals surface area (Å²) in [4.78, 5) is 19.1. The quantitative estimate of drug-likeness (QED) is 0.612. The molecule has 2 aliphatic heterocycles. The number of hydrogen-bond acceptors (Lipinski definition) is 6. The highest BCUT2D eigenvalue weighted by atomic mass is 35.5. The highest BCUT2D eigenvalue weighted by Gasteiger charge is 2.52. The molecule has 9 heteroatoms. The Morgan fingerprint density at radius 1 is 1.35 bits per heavy atom. The normalized spacial score (nSPS) is 23.5. The smallest absolute Gasteiger partial charge is 0.211 e. The number of pyridine rings is 1. The minimum atomic E-state index is -1.59. The molecule has 1 amide bonds. The van der Waals surface area contributed by atoms with Crippen LogP contribution in [0.25, 0.3) is 0 Å². The lowest BCUT2D eigenvalue weighted by Gasteiger charge is -2.41. The molecule has 3 N–H and O–H groups in total. The Hall–Kier alpha value is -2.32. The van der Waals surface area contributed by atoms with Crippen LogP contribution in [-0.4, -0.2) is 33.6 Å². The summed E-state index contributed by atoms with van der Waals surface area (Å²) in [7, 11) is 0. The average molecular weight is 465 g/mol. The van der Waals surface area contributed by atoms with Crippen molar-refractivity contribution >= 4 is 41.3 Å². The van der Waals surface area contributed by atoms with E-state index in [-0.39, 0.29) is 13.0 Å². The van der Waals surface area contributed by atoms with E-state index >= 15 is 4.39 Å². The number of thioether (sulfide) groups is 1. The first-order valence-electron chi connectivity index (χ1n) is 9.84. The zero-order valence-corrected chi connectivity index (χ0v) is 19.5. The van der Waals surface area contributed by atoms with Gasteiger partial charge in [0.1, 0.15) is 17.6 Å². The SMILES string of the molecule is CC1(C)S[C@]2(F)CCOc3ccc(NC=O)cc3C2N=C1N.Cc1cc(Cl)cnc1C. The summed E-state index contributed by atoms with van der Waals surface area (Å²) in [6, 6.07) is 6.30. The standard InChI is InChI=1S/C15H18FN3O2S.C7H8ClN/c1-14(2)13(17)19-12-10-7-9(18-8-20)3-4-11(10)21-6-5-15(12,16)22-14;1-5-3-7(8)4-9-6(5)2/h3-4,7-8,12H,5-6H2,1-2H3,(H2,17,19)(H,18,20);3-4H,1-2H3/t12?,15-;/m1./s1. The van der Waals surface area contributed by atoms with Gasteiger partial charge in [0.05, 0.1) is 16.4 Å². The fourth-order valence-corrected chi connectivity index (χ4v) is 5.07. The number of aliphatic imine (C=N–C) groups is 1. The van der Waals surface area contributed by atoms with Gasteiger partial charge in [-0.25, -0.2) is 4.39 Å². The van der Waals surface area contributed by atoms with Crippen LogP contribution in [-0.2, 0) is 4.79 Å². The van der Waals surface area contributed by atoms with Crippen LogP contribution >= 0.6 is 23.4 Å². The van der Waals surface area contributed by atoms with Gasteiger partial charge in [-0.3, -0.25) is 14.8 Å². The van der Waals surface area contributed by atoms with Crippen LogP contribution < -0.4 is 15.8 Å². The van der Waals surface area contributed by atoms with Crippen molar-refractivity contribution < 1.29 is 13.9 Å². The number of ether oxygens (including phenoxy) is 1. The van der Waals surface area contributed by atoms with Crippen LogP contribution in [0.4, 0.5) is 10.1 Å². The molecule has 6 nitrogen and oxygen atoms in total. The van der Waals surface area contributed by atoms with E-state index in [1.807, 2.05) is 33.8 Å². The summed E-state index contributed by atoms with van der Waals surface area (Å²) in [5.74, 6) is 0.996. The van der Waals surface area contributed by atoms with Gasteiger partial charge in [0, 0.05) is 29.6 Å². The summed E-state index contributed by atoms with van der Waals surface area (Å²) in [5.41, 5.74) is 9.40. The Labute approximate surface area is 190 Å². The largest absolute Gasteiger partial charge is 0.493 e. The second-order valence-electron chi connectivity index (χ2n) is 7.98. The van der Waals surface area contributed by atoms with E-state index < -0.39 is 15.8 Å². The van der Waals surface area contributed by atoms with Crippen molar-refractivity contribution in [1.29, 1.82) is 0 Å². The van der Waals surface area contributed by atoms with Gasteiger partial charge >= 0.3 is 0 Å². The number of alkyl halides is 1. The maximum Gasteiger partial charge on any atom is 0.211 e. The van der Waals surface area contributed by atoms with Gasteiger partial charge in [-0.15, -0.1) is 11.8 Å². The van der Waals surface area contributed by atoms with Crippen molar-refractivity contribution in [2.24, 2.45) is 10.7 Å². The maximum absolute atomic E-state index is 15.6.